The molecule has 0 aliphatic heterocycles. The molecule has 1 unspecified atom stereocenters. The number of hydrogen-bond donors (Lipinski definition) is 1. The molecule has 0 radical (unpaired) electrons. The first-order chi connectivity index (χ1) is 18.6. The Kier molecular flexibility index (Phi) is 10.8. The van der Waals surface area contributed by atoms with E-state index in [2.05, 4.69) is 5.32 Å². The van der Waals surface area contributed by atoms with Crippen molar-refractivity contribution in [3.63, 3.8) is 0 Å². The summed E-state index contributed by atoms with van der Waals surface area (Å²) >= 11 is 12.8. The minimum absolute atomic E-state index is 0.0277. The van der Waals surface area contributed by atoms with E-state index in [0.29, 0.717) is 28.6 Å². The summed E-state index contributed by atoms with van der Waals surface area (Å²) < 4.78 is 28.7. The smallest absolute Gasteiger partial charge is 0.264 e. The molecular formula is C29H33Cl2N3O4S. The SMILES string of the molecule is CCCNC(=O)C(CC)N(Cc1ccccc1Cl)C(=O)CN(c1ccc(C)c(Cl)c1)S(=O)(=O)c1ccccc1. The summed E-state index contributed by atoms with van der Waals surface area (Å²) in [4.78, 5) is 28.6. The first kappa shape index (κ1) is 30.5. The van der Waals surface area contributed by atoms with Crippen LogP contribution in [0.1, 0.15) is 37.8 Å². The van der Waals surface area contributed by atoms with Crippen LogP contribution in [0.3, 0.4) is 0 Å². The Morgan fingerprint density at radius 2 is 1.59 bits per heavy atom. The van der Waals surface area contributed by atoms with Crippen molar-refractivity contribution in [2.24, 2.45) is 0 Å². The standard InChI is InChI=1S/C29H33Cl2N3O4S/c1-4-17-32-29(36)27(5-2)33(19-22-11-9-10-14-25(22)30)28(35)20-34(23-16-15-21(3)26(31)18-23)39(37,38)24-12-7-6-8-13-24/h6-16,18,27H,4-5,17,19-20H2,1-3H3,(H,32,36). The lowest BCUT2D eigenvalue weighted by molar-refractivity contribution is -0.140. The molecule has 39 heavy (non-hydrogen) atoms. The number of nitrogens with one attached hydrogen (secondary N) is 1. The van der Waals surface area contributed by atoms with Crippen molar-refractivity contribution in [3.8, 4) is 0 Å². The molecule has 1 atom stereocenters. The van der Waals surface area contributed by atoms with Crippen LogP contribution in [0.4, 0.5) is 5.69 Å². The van der Waals surface area contributed by atoms with Gasteiger partial charge in [-0.15, -0.1) is 0 Å². The van der Waals surface area contributed by atoms with Gasteiger partial charge in [0.2, 0.25) is 11.8 Å². The second-order valence-corrected chi connectivity index (χ2v) is 11.8. The second kappa shape index (κ2) is 13.8. The van der Waals surface area contributed by atoms with E-state index >= 15 is 0 Å². The molecule has 0 aliphatic rings. The molecule has 0 bridgehead atoms. The van der Waals surface area contributed by atoms with Gasteiger partial charge in [-0.05, 0) is 61.2 Å². The van der Waals surface area contributed by atoms with Crippen molar-refractivity contribution in [2.45, 2.75) is 51.1 Å². The number of rotatable bonds is 12. The first-order valence-electron chi connectivity index (χ1n) is 12.7. The molecule has 7 nitrogen and oxygen atoms in total. The third-order valence-corrected chi connectivity index (χ3v) is 8.85. The number of nitrogens with zero attached hydrogens (tertiary/aromatic N) is 2. The van der Waals surface area contributed by atoms with Crippen LogP contribution in [0.25, 0.3) is 0 Å². The maximum atomic E-state index is 14.0. The number of amides is 2. The van der Waals surface area contributed by atoms with Crippen molar-refractivity contribution in [2.75, 3.05) is 17.4 Å². The van der Waals surface area contributed by atoms with Gasteiger partial charge in [0.1, 0.15) is 12.6 Å². The summed E-state index contributed by atoms with van der Waals surface area (Å²) in [5.74, 6) is -0.861. The predicted octanol–water partition coefficient (Wildman–Crippen LogP) is 5.83. The maximum Gasteiger partial charge on any atom is 0.264 e. The molecule has 0 aromatic heterocycles. The number of benzene rings is 3. The van der Waals surface area contributed by atoms with Crippen LogP contribution in [0.5, 0.6) is 0 Å². The van der Waals surface area contributed by atoms with Gasteiger partial charge < -0.3 is 10.2 Å². The zero-order valence-corrected chi connectivity index (χ0v) is 24.6. The topological polar surface area (TPSA) is 86.8 Å². The summed E-state index contributed by atoms with van der Waals surface area (Å²) in [7, 11) is -4.16. The molecule has 0 heterocycles. The van der Waals surface area contributed by atoms with E-state index in [4.69, 9.17) is 23.2 Å². The van der Waals surface area contributed by atoms with Gasteiger partial charge in [-0.25, -0.2) is 8.42 Å². The molecule has 3 aromatic carbocycles. The maximum absolute atomic E-state index is 14.0. The lowest BCUT2D eigenvalue weighted by Crippen LogP contribution is -2.52. The van der Waals surface area contributed by atoms with Crippen LogP contribution >= 0.6 is 23.2 Å². The van der Waals surface area contributed by atoms with Gasteiger partial charge in [-0.2, -0.15) is 0 Å². The van der Waals surface area contributed by atoms with E-state index in [1.54, 1.807) is 68.4 Å². The van der Waals surface area contributed by atoms with Crippen molar-refractivity contribution in [3.05, 3.63) is 94.0 Å². The fraction of sp³-hybridized carbons (Fsp3) is 0.310. The van der Waals surface area contributed by atoms with Crippen molar-refractivity contribution in [1.82, 2.24) is 10.2 Å². The highest BCUT2D eigenvalue weighted by Gasteiger charge is 2.34. The zero-order valence-electron chi connectivity index (χ0n) is 22.2. The number of aryl methyl sites for hydroxylation is 1. The molecule has 208 valence electrons. The third-order valence-electron chi connectivity index (χ3n) is 6.29. The Hall–Kier alpha value is -3.07. The monoisotopic (exact) mass is 589 g/mol. The average Bonchev–Trinajstić information content (AvgIpc) is 2.93. The summed E-state index contributed by atoms with van der Waals surface area (Å²) in [6.07, 6.45) is 1.06. The molecule has 0 aliphatic carbocycles. The molecule has 0 spiro atoms. The lowest BCUT2D eigenvalue weighted by Gasteiger charge is -2.33. The molecule has 3 rings (SSSR count). The lowest BCUT2D eigenvalue weighted by atomic mass is 10.1. The number of carbonyl (C=O) groups is 2. The van der Waals surface area contributed by atoms with Crippen molar-refractivity contribution >= 4 is 50.7 Å². The normalized spacial score (nSPS) is 12.0. The zero-order chi connectivity index (χ0) is 28.6. The highest BCUT2D eigenvalue weighted by Crippen LogP contribution is 2.29. The number of sulfonamides is 1. The largest absolute Gasteiger partial charge is 0.354 e. The summed E-state index contributed by atoms with van der Waals surface area (Å²) in [6, 6.07) is 18.9. The molecule has 2 amide bonds. The van der Waals surface area contributed by atoms with E-state index in [1.165, 1.54) is 23.1 Å². The first-order valence-corrected chi connectivity index (χ1v) is 14.9. The minimum atomic E-state index is -4.16. The fourth-order valence-electron chi connectivity index (χ4n) is 4.08. The summed E-state index contributed by atoms with van der Waals surface area (Å²) in [5, 5.41) is 3.67. The van der Waals surface area contributed by atoms with Crippen LogP contribution in [-0.4, -0.2) is 44.3 Å². The van der Waals surface area contributed by atoms with Gasteiger partial charge in [0.15, 0.2) is 0 Å². The Morgan fingerprint density at radius 1 is 0.923 bits per heavy atom. The van der Waals surface area contributed by atoms with E-state index in [9.17, 15) is 18.0 Å². The minimum Gasteiger partial charge on any atom is -0.354 e. The Morgan fingerprint density at radius 3 is 2.21 bits per heavy atom. The van der Waals surface area contributed by atoms with Crippen molar-refractivity contribution < 1.29 is 18.0 Å². The second-order valence-electron chi connectivity index (χ2n) is 9.09. The van der Waals surface area contributed by atoms with E-state index < -0.39 is 28.5 Å². The molecule has 3 aromatic rings. The Bertz CT molecular complexity index is 1400. The molecule has 0 saturated carbocycles. The quantitative estimate of drug-likeness (QED) is 0.288. The van der Waals surface area contributed by atoms with Crippen LogP contribution in [-0.2, 0) is 26.2 Å². The highest BCUT2D eigenvalue weighted by atomic mass is 35.5. The van der Waals surface area contributed by atoms with Gasteiger partial charge in [0.05, 0.1) is 10.6 Å². The van der Waals surface area contributed by atoms with Crippen molar-refractivity contribution in [1.29, 1.82) is 0 Å². The summed E-state index contributed by atoms with van der Waals surface area (Å²) in [6.45, 7) is 5.50. The van der Waals surface area contributed by atoms with Gasteiger partial charge >= 0.3 is 0 Å². The summed E-state index contributed by atoms with van der Waals surface area (Å²) in [5.41, 5.74) is 1.65. The molecule has 1 N–H and O–H groups in total. The number of hydrogen-bond acceptors (Lipinski definition) is 4. The van der Waals surface area contributed by atoms with E-state index in [0.717, 1.165) is 16.3 Å². The van der Waals surface area contributed by atoms with Gasteiger partial charge in [0.25, 0.3) is 10.0 Å². The van der Waals surface area contributed by atoms with Gasteiger partial charge in [-0.3, -0.25) is 13.9 Å². The third kappa shape index (κ3) is 7.53. The fourth-order valence-corrected chi connectivity index (χ4v) is 5.88. The van der Waals surface area contributed by atoms with E-state index in [1.807, 2.05) is 6.92 Å². The molecule has 0 fully saturated rings. The molecular weight excluding hydrogens is 557 g/mol. The van der Waals surface area contributed by atoms with Crippen LogP contribution in [0.2, 0.25) is 10.0 Å². The average molecular weight is 591 g/mol. The Balaban J connectivity index is 2.07. The van der Waals surface area contributed by atoms with Crippen LogP contribution in [0.15, 0.2) is 77.7 Å². The van der Waals surface area contributed by atoms with Crippen LogP contribution in [0, 0.1) is 6.92 Å². The number of carbonyl (C=O) groups excluding carboxylic acids is 2. The number of anilines is 1. The predicted molar refractivity (Wildman–Crippen MR) is 157 cm³/mol. The van der Waals surface area contributed by atoms with Crippen LogP contribution < -0.4 is 9.62 Å². The molecule has 10 heteroatoms. The van der Waals surface area contributed by atoms with E-state index in [-0.39, 0.29) is 23.0 Å². The molecule has 0 saturated heterocycles. The van der Waals surface area contributed by atoms with Gasteiger partial charge in [0, 0.05) is 23.1 Å². The van der Waals surface area contributed by atoms with Gasteiger partial charge in [-0.1, -0.05) is 79.5 Å². The highest BCUT2D eigenvalue weighted by molar-refractivity contribution is 7.92. The Labute approximate surface area is 240 Å². The number of halogens is 2.